The van der Waals surface area contributed by atoms with Gasteiger partial charge in [-0.05, 0) is 18.2 Å². The number of nitrogens with zero attached hydrogens (tertiary/aromatic N) is 1. The second kappa shape index (κ2) is 6.98. The topological polar surface area (TPSA) is 73.5 Å². The Morgan fingerprint density at radius 3 is 2.76 bits per heavy atom. The number of halogens is 2. The number of benzene rings is 1. The van der Waals surface area contributed by atoms with Crippen LogP contribution < -0.4 is 16.0 Å². The summed E-state index contributed by atoms with van der Waals surface area (Å²) in [5, 5.41) is 9.16. The summed E-state index contributed by atoms with van der Waals surface area (Å²) in [5.41, 5.74) is 0.531. The minimum atomic E-state index is -0.536. The molecule has 0 radical (unpaired) electrons. The van der Waals surface area contributed by atoms with Crippen LogP contribution in [0.4, 0.5) is 10.5 Å². The molecule has 0 saturated carbocycles. The van der Waals surface area contributed by atoms with Crippen LogP contribution in [-0.4, -0.2) is 49.6 Å². The monoisotopic (exact) mass is 330 g/mol. The van der Waals surface area contributed by atoms with E-state index in [1.54, 1.807) is 25.2 Å². The lowest BCUT2D eigenvalue weighted by molar-refractivity contribution is -0.125. The lowest BCUT2D eigenvalue weighted by atomic mass is 10.2. The van der Waals surface area contributed by atoms with Gasteiger partial charge in [-0.1, -0.05) is 23.2 Å². The first kappa shape index (κ1) is 15.9. The zero-order valence-corrected chi connectivity index (χ0v) is 13.0. The maximum atomic E-state index is 12.3. The molecule has 1 aliphatic heterocycles. The highest BCUT2D eigenvalue weighted by Gasteiger charge is 2.31. The van der Waals surface area contributed by atoms with Crippen LogP contribution in [0.5, 0.6) is 0 Å². The summed E-state index contributed by atoms with van der Waals surface area (Å²) in [6.45, 7) is 1.52. The molecule has 0 aliphatic carbocycles. The van der Waals surface area contributed by atoms with Crippen molar-refractivity contribution in [1.82, 2.24) is 15.5 Å². The largest absolute Gasteiger partial charge is 0.357 e. The first-order valence-electron chi connectivity index (χ1n) is 6.48. The van der Waals surface area contributed by atoms with Crippen molar-refractivity contribution >= 4 is 40.8 Å². The third-order valence-electron chi connectivity index (χ3n) is 3.22. The maximum absolute atomic E-state index is 12.3. The van der Waals surface area contributed by atoms with Gasteiger partial charge in [0.15, 0.2) is 0 Å². The Labute approximate surface area is 132 Å². The summed E-state index contributed by atoms with van der Waals surface area (Å²) in [7, 11) is 1.55. The van der Waals surface area contributed by atoms with E-state index in [1.165, 1.54) is 4.90 Å². The van der Waals surface area contributed by atoms with Gasteiger partial charge in [-0.25, -0.2) is 4.79 Å². The van der Waals surface area contributed by atoms with E-state index in [9.17, 15) is 9.59 Å². The number of anilines is 1. The minimum Gasteiger partial charge on any atom is -0.357 e. The van der Waals surface area contributed by atoms with Crippen LogP contribution in [0.3, 0.4) is 0 Å². The summed E-state index contributed by atoms with van der Waals surface area (Å²) >= 11 is 11.7. The fraction of sp³-hybridized carbons (Fsp3) is 0.385. The van der Waals surface area contributed by atoms with E-state index in [0.717, 1.165) is 0 Å². The number of urea groups is 1. The maximum Gasteiger partial charge on any atom is 0.322 e. The number of rotatable bonds is 2. The van der Waals surface area contributed by atoms with E-state index in [2.05, 4.69) is 16.0 Å². The quantitative estimate of drug-likeness (QED) is 0.770. The summed E-state index contributed by atoms with van der Waals surface area (Å²) in [4.78, 5) is 25.6. The highest BCUT2D eigenvalue weighted by molar-refractivity contribution is 6.42. The van der Waals surface area contributed by atoms with Crippen molar-refractivity contribution in [2.75, 3.05) is 32.0 Å². The molecule has 0 aromatic heterocycles. The van der Waals surface area contributed by atoms with Gasteiger partial charge in [0.1, 0.15) is 6.04 Å². The third kappa shape index (κ3) is 3.78. The third-order valence-corrected chi connectivity index (χ3v) is 3.96. The predicted octanol–water partition coefficient (Wildman–Crippen LogP) is 1.55. The molecule has 1 saturated heterocycles. The fourth-order valence-corrected chi connectivity index (χ4v) is 2.42. The number of piperazine rings is 1. The second-order valence-corrected chi connectivity index (χ2v) is 5.40. The van der Waals surface area contributed by atoms with Gasteiger partial charge in [0.05, 0.1) is 10.0 Å². The molecule has 1 heterocycles. The Balaban J connectivity index is 2.10. The van der Waals surface area contributed by atoms with Crippen LogP contribution in [0.15, 0.2) is 18.2 Å². The predicted molar refractivity (Wildman–Crippen MR) is 82.9 cm³/mol. The van der Waals surface area contributed by atoms with Gasteiger partial charge in [0.25, 0.3) is 0 Å². The van der Waals surface area contributed by atoms with E-state index >= 15 is 0 Å². The van der Waals surface area contributed by atoms with E-state index in [0.29, 0.717) is 35.4 Å². The molecule has 21 heavy (non-hydrogen) atoms. The number of nitrogens with one attached hydrogen (secondary N) is 3. The molecule has 1 unspecified atom stereocenters. The molecule has 1 atom stereocenters. The molecule has 1 aromatic rings. The Morgan fingerprint density at radius 1 is 1.33 bits per heavy atom. The number of amides is 3. The lowest BCUT2D eigenvalue weighted by Gasteiger charge is -2.34. The first-order chi connectivity index (χ1) is 10.0. The fourth-order valence-electron chi connectivity index (χ4n) is 2.12. The average Bonchev–Trinajstić information content (AvgIpc) is 2.50. The number of hydrogen-bond acceptors (Lipinski definition) is 3. The van der Waals surface area contributed by atoms with Gasteiger partial charge in [0.2, 0.25) is 5.91 Å². The molecule has 6 nitrogen and oxygen atoms in total. The smallest absolute Gasteiger partial charge is 0.322 e. The van der Waals surface area contributed by atoms with Crippen molar-refractivity contribution in [3.05, 3.63) is 28.2 Å². The van der Waals surface area contributed by atoms with E-state index in [-0.39, 0.29) is 11.9 Å². The zero-order chi connectivity index (χ0) is 15.4. The molecular formula is C13H16Cl2N4O2. The Bertz CT molecular complexity index is 553. The second-order valence-electron chi connectivity index (χ2n) is 4.59. The average molecular weight is 331 g/mol. The number of likely N-dealkylation sites (N-methyl/N-ethyl adjacent to an activating group) is 1. The molecule has 0 bridgehead atoms. The Hall–Kier alpha value is -1.50. The highest BCUT2D eigenvalue weighted by atomic mass is 35.5. The van der Waals surface area contributed by atoms with Crippen molar-refractivity contribution in [1.29, 1.82) is 0 Å². The molecular weight excluding hydrogens is 315 g/mol. The van der Waals surface area contributed by atoms with Crippen LogP contribution in [0, 0.1) is 0 Å². The van der Waals surface area contributed by atoms with Crippen LogP contribution in [0.25, 0.3) is 0 Å². The van der Waals surface area contributed by atoms with Gasteiger partial charge in [-0.15, -0.1) is 0 Å². The van der Waals surface area contributed by atoms with Crippen LogP contribution in [0.1, 0.15) is 0 Å². The van der Waals surface area contributed by atoms with Gasteiger partial charge in [-0.3, -0.25) is 4.79 Å². The van der Waals surface area contributed by atoms with E-state index in [4.69, 9.17) is 23.2 Å². The molecule has 1 aromatic carbocycles. The molecule has 1 aliphatic rings. The molecule has 3 N–H and O–H groups in total. The standard InChI is InChI=1S/C13H16Cl2N4O2/c1-16-12(20)11-7-17-4-5-19(11)13(21)18-8-2-3-9(14)10(15)6-8/h2-3,6,11,17H,4-5,7H2,1H3,(H,16,20)(H,18,21). The highest BCUT2D eigenvalue weighted by Crippen LogP contribution is 2.25. The Morgan fingerprint density at radius 2 is 2.10 bits per heavy atom. The molecule has 8 heteroatoms. The molecule has 3 amide bonds. The molecule has 0 spiro atoms. The SMILES string of the molecule is CNC(=O)C1CNCCN1C(=O)Nc1ccc(Cl)c(Cl)c1. The van der Waals surface area contributed by atoms with Crippen LogP contribution >= 0.6 is 23.2 Å². The van der Waals surface area contributed by atoms with Gasteiger partial charge in [-0.2, -0.15) is 0 Å². The minimum absolute atomic E-state index is 0.202. The summed E-state index contributed by atoms with van der Waals surface area (Å²) in [5.74, 6) is -0.202. The van der Waals surface area contributed by atoms with Crippen LogP contribution in [-0.2, 0) is 4.79 Å². The number of hydrogen-bond donors (Lipinski definition) is 3. The van der Waals surface area contributed by atoms with Crippen molar-refractivity contribution in [3.8, 4) is 0 Å². The Kier molecular flexibility index (Phi) is 5.27. The van der Waals surface area contributed by atoms with Gasteiger partial charge in [0, 0.05) is 32.4 Å². The molecule has 1 fully saturated rings. The first-order valence-corrected chi connectivity index (χ1v) is 7.23. The molecule has 2 rings (SSSR count). The summed E-state index contributed by atoms with van der Waals surface area (Å²) < 4.78 is 0. The van der Waals surface area contributed by atoms with Crippen molar-refractivity contribution in [2.45, 2.75) is 6.04 Å². The van der Waals surface area contributed by atoms with Crippen molar-refractivity contribution in [3.63, 3.8) is 0 Å². The van der Waals surface area contributed by atoms with Gasteiger partial charge < -0.3 is 20.9 Å². The normalized spacial score (nSPS) is 18.2. The van der Waals surface area contributed by atoms with E-state index in [1.807, 2.05) is 0 Å². The lowest BCUT2D eigenvalue weighted by Crippen LogP contribution is -2.60. The van der Waals surface area contributed by atoms with Gasteiger partial charge >= 0.3 is 6.03 Å². The van der Waals surface area contributed by atoms with Crippen molar-refractivity contribution in [2.24, 2.45) is 0 Å². The number of carbonyl (C=O) groups excluding carboxylic acids is 2. The number of carbonyl (C=O) groups is 2. The zero-order valence-electron chi connectivity index (χ0n) is 11.5. The summed E-state index contributed by atoms with van der Waals surface area (Å²) in [6, 6.07) is 3.95. The molecule has 114 valence electrons. The van der Waals surface area contributed by atoms with Crippen molar-refractivity contribution < 1.29 is 9.59 Å². The summed E-state index contributed by atoms with van der Waals surface area (Å²) in [6.07, 6.45) is 0. The van der Waals surface area contributed by atoms with E-state index < -0.39 is 6.04 Å². The van der Waals surface area contributed by atoms with Crippen LogP contribution in [0.2, 0.25) is 10.0 Å².